The van der Waals surface area contributed by atoms with E-state index in [0.29, 0.717) is 37.3 Å². The molecule has 10 nitrogen and oxygen atoms in total. The summed E-state index contributed by atoms with van der Waals surface area (Å²) in [6.45, 7) is 11.9. The van der Waals surface area contributed by atoms with Crippen LogP contribution in [0.1, 0.15) is 67.2 Å². The predicted octanol–water partition coefficient (Wildman–Crippen LogP) is 7.76. The molecule has 0 saturated carbocycles. The molecule has 1 aromatic heterocycles. The Morgan fingerprint density at radius 2 is 0.979 bits per heavy atom. The second kappa shape index (κ2) is 13.8. The summed E-state index contributed by atoms with van der Waals surface area (Å²) in [6, 6.07) is 18.3. The second-order valence-corrected chi connectivity index (χ2v) is 15.0. The molecule has 2 aliphatic heterocycles. The van der Waals surface area contributed by atoms with Crippen molar-refractivity contribution in [2.75, 3.05) is 23.7 Å². The van der Waals surface area contributed by atoms with E-state index in [9.17, 15) is 19.2 Å². The average Bonchev–Trinajstić information content (AvgIpc) is 3.77. The smallest absolute Gasteiger partial charge is 0.410 e. The number of carbonyl (C=O) groups is 4. The first kappa shape index (κ1) is 34.0. The lowest BCUT2D eigenvalue weighted by atomic mass is 10.1. The van der Waals surface area contributed by atoms with E-state index in [1.165, 1.54) is 9.80 Å². The number of benzene rings is 2. The maximum absolute atomic E-state index is 13.0. The molecule has 0 radical (unpaired) electrons. The molecule has 0 unspecified atom stereocenters. The van der Waals surface area contributed by atoms with Crippen LogP contribution in [0.2, 0.25) is 0 Å². The van der Waals surface area contributed by atoms with E-state index in [0.717, 1.165) is 33.7 Å². The number of hydrogen-bond acceptors (Lipinski definition) is 7. The summed E-state index contributed by atoms with van der Waals surface area (Å²) in [5.74, 6) is -0.439. The largest absolute Gasteiger partial charge is 0.444 e. The molecule has 0 aliphatic carbocycles. The SMILES string of the molecule is CC(C)(C)OC(=O)N1CCC[C@H]1C(=O)Nc1ccc(-c2ccc(-c3ccc(NC(=O)[C@@H]4CCCN4C(=O)OC(C)(C)C)cc3)s2)cc1. The van der Waals surface area contributed by atoms with Gasteiger partial charge in [-0.3, -0.25) is 19.4 Å². The molecule has 0 spiro atoms. The van der Waals surface area contributed by atoms with Crippen molar-refractivity contribution < 1.29 is 28.7 Å². The topological polar surface area (TPSA) is 117 Å². The molecule has 4 amide bonds. The number of nitrogens with one attached hydrogen (secondary N) is 2. The predicted molar refractivity (Wildman–Crippen MR) is 184 cm³/mol. The van der Waals surface area contributed by atoms with Gasteiger partial charge >= 0.3 is 12.2 Å². The lowest BCUT2D eigenvalue weighted by Gasteiger charge is -2.28. The van der Waals surface area contributed by atoms with E-state index in [2.05, 4.69) is 22.8 Å². The molecule has 3 heterocycles. The highest BCUT2D eigenvalue weighted by Crippen LogP contribution is 2.35. The third-order valence-electron chi connectivity index (χ3n) is 7.85. The van der Waals surface area contributed by atoms with Gasteiger partial charge < -0.3 is 20.1 Å². The zero-order valence-electron chi connectivity index (χ0n) is 27.9. The van der Waals surface area contributed by atoms with Crippen LogP contribution in [0.15, 0.2) is 60.7 Å². The van der Waals surface area contributed by atoms with E-state index in [1.54, 1.807) is 11.3 Å². The number of ether oxygens (including phenoxy) is 2. The Morgan fingerprint density at radius 3 is 1.32 bits per heavy atom. The quantitative estimate of drug-likeness (QED) is 0.279. The van der Waals surface area contributed by atoms with Gasteiger partial charge in [0.05, 0.1) is 0 Å². The summed E-state index contributed by atoms with van der Waals surface area (Å²) < 4.78 is 11.0. The van der Waals surface area contributed by atoms with Crippen molar-refractivity contribution >= 4 is 46.7 Å². The van der Waals surface area contributed by atoms with Gasteiger partial charge in [0.25, 0.3) is 0 Å². The summed E-state index contributed by atoms with van der Waals surface area (Å²) in [6.07, 6.45) is 1.78. The fraction of sp³-hybridized carbons (Fsp3) is 0.444. The van der Waals surface area contributed by atoms with Gasteiger partial charge in [-0.15, -0.1) is 11.3 Å². The van der Waals surface area contributed by atoms with Gasteiger partial charge in [0.1, 0.15) is 23.3 Å². The fourth-order valence-electron chi connectivity index (χ4n) is 5.69. The molecular weight excluding hydrogens is 616 g/mol. The van der Waals surface area contributed by atoms with Crippen LogP contribution in [-0.2, 0) is 19.1 Å². The summed E-state index contributed by atoms with van der Waals surface area (Å²) >= 11 is 1.64. The molecule has 2 N–H and O–H groups in total. The molecule has 2 aliphatic rings. The normalized spacial score (nSPS) is 18.2. The van der Waals surface area contributed by atoms with Crippen LogP contribution in [0.4, 0.5) is 21.0 Å². The highest BCUT2D eigenvalue weighted by molar-refractivity contribution is 7.18. The second-order valence-electron chi connectivity index (χ2n) is 14.0. The molecular formula is C36H44N4O6S. The Labute approximate surface area is 280 Å². The van der Waals surface area contributed by atoms with Gasteiger partial charge in [0.2, 0.25) is 11.8 Å². The first-order valence-electron chi connectivity index (χ1n) is 16.1. The Hall–Kier alpha value is -4.38. The van der Waals surface area contributed by atoms with Gasteiger partial charge in [-0.2, -0.15) is 0 Å². The summed E-state index contributed by atoms with van der Waals surface area (Å²) in [5.41, 5.74) is 2.12. The third kappa shape index (κ3) is 8.71. The van der Waals surface area contributed by atoms with E-state index in [1.807, 2.05) is 90.1 Å². The van der Waals surface area contributed by atoms with Crippen LogP contribution in [-0.4, -0.2) is 70.2 Å². The van der Waals surface area contributed by atoms with E-state index < -0.39 is 35.5 Å². The highest BCUT2D eigenvalue weighted by Gasteiger charge is 2.38. The minimum Gasteiger partial charge on any atom is -0.444 e. The van der Waals surface area contributed by atoms with Crippen LogP contribution < -0.4 is 10.6 Å². The number of amides is 4. The molecule has 2 fully saturated rings. The maximum atomic E-state index is 13.0. The number of rotatable bonds is 6. The van der Waals surface area contributed by atoms with Crippen LogP contribution in [0.5, 0.6) is 0 Å². The number of likely N-dealkylation sites (tertiary alicyclic amines) is 2. The van der Waals surface area contributed by atoms with Crippen LogP contribution in [0.25, 0.3) is 20.9 Å². The monoisotopic (exact) mass is 660 g/mol. The first-order valence-corrected chi connectivity index (χ1v) is 16.9. The minimum absolute atomic E-state index is 0.220. The van der Waals surface area contributed by atoms with E-state index >= 15 is 0 Å². The summed E-state index contributed by atoms with van der Waals surface area (Å²) in [5, 5.41) is 5.91. The van der Waals surface area contributed by atoms with Crippen molar-refractivity contribution in [1.82, 2.24) is 9.80 Å². The number of nitrogens with zero attached hydrogens (tertiary/aromatic N) is 2. The van der Waals surface area contributed by atoms with Gasteiger partial charge in [-0.05, 0) is 115 Å². The van der Waals surface area contributed by atoms with Gasteiger partial charge in [-0.1, -0.05) is 24.3 Å². The minimum atomic E-state index is -0.622. The standard InChI is InChI=1S/C36H44N4O6S/c1-35(2,3)45-33(43)39-21-7-9-27(39)31(41)37-25-15-11-23(12-16-25)29-19-20-30(47-29)24-13-17-26(18-14-24)38-32(42)28-10-8-22-40(28)34(44)46-36(4,5)6/h11-20,27-28H,7-10,21-22H2,1-6H3,(H,37,41)(H,38,42)/t27-,28-/m0/s1. The highest BCUT2D eigenvalue weighted by atomic mass is 32.1. The fourth-order valence-corrected chi connectivity index (χ4v) is 6.71. The van der Waals surface area contributed by atoms with Crippen molar-refractivity contribution in [3.05, 3.63) is 60.7 Å². The van der Waals surface area contributed by atoms with E-state index in [4.69, 9.17) is 9.47 Å². The van der Waals surface area contributed by atoms with Crippen LogP contribution in [0, 0.1) is 0 Å². The molecule has 2 saturated heterocycles. The Bertz CT molecular complexity index is 1490. The average molecular weight is 661 g/mol. The van der Waals surface area contributed by atoms with Crippen molar-refractivity contribution in [3.8, 4) is 20.9 Å². The molecule has 250 valence electrons. The number of thiophene rings is 1. The van der Waals surface area contributed by atoms with Crippen molar-refractivity contribution in [2.45, 2.75) is 90.5 Å². The van der Waals surface area contributed by atoms with Crippen molar-refractivity contribution in [3.63, 3.8) is 0 Å². The Kier molecular flexibility index (Phi) is 9.95. The van der Waals surface area contributed by atoms with Crippen molar-refractivity contribution in [2.24, 2.45) is 0 Å². The Balaban J connectivity index is 1.17. The van der Waals surface area contributed by atoms with Gasteiger partial charge in [-0.25, -0.2) is 9.59 Å². The van der Waals surface area contributed by atoms with Crippen LogP contribution in [0.3, 0.4) is 0 Å². The maximum Gasteiger partial charge on any atom is 0.410 e. The van der Waals surface area contributed by atoms with E-state index in [-0.39, 0.29) is 11.8 Å². The molecule has 3 aromatic rings. The van der Waals surface area contributed by atoms with Gasteiger partial charge in [0, 0.05) is 34.2 Å². The summed E-state index contributed by atoms with van der Waals surface area (Å²) in [4.78, 5) is 56.5. The number of anilines is 2. The third-order valence-corrected chi connectivity index (χ3v) is 9.03. The molecule has 5 rings (SSSR count). The summed E-state index contributed by atoms with van der Waals surface area (Å²) in [7, 11) is 0. The molecule has 0 bridgehead atoms. The Morgan fingerprint density at radius 1 is 0.617 bits per heavy atom. The molecule has 47 heavy (non-hydrogen) atoms. The van der Waals surface area contributed by atoms with Crippen molar-refractivity contribution in [1.29, 1.82) is 0 Å². The van der Waals surface area contributed by atoms with Gasteiger partial charge in [0.15, 0.2) is 0 Å². The molecule has 2 atom stereocenters. The lowest BCUT2D eigenvalue weighted by Crippen LogP contribution is -2.45. The zero-order valence-corrected chi connectivity index (χ0v) is 28.7. The number of hydrogen-bond donors (Lipinski definition) is 2. The van der Waals surface area contributed by atoms with Crippen LogP contribution >= 0.6 is 11.3 Å². The molecule has 11 heteroatoms. The first-order chi connectivity index (χ1) is 22.2. The zero-order chi connectivity index (χ0) is 33.9. The molecule has 2 aromatic carbocycles. The number of carbonyl (C=O) groups excluding carboxylic acids is 4. The lowest BCUT2D eigenvalue weighted by molar-refractivity contribution is -0.121.